The fraction of sp³-hybridized carbons (Fsp3) is 0. The van der Waals surface area contributed by atoms with Crippen LogP contribution in [0.2, 0.25) is 5.02 Å². The molecule has 0 spiro atoms. The van der Waals surface area contributed by atoms with Gasteiger partial charge in [0, 0.05) is 10.7 Å². The molecule has 2 aromatic rings. The van der Waals surface area contributed by atoms with E-state index in [-0.39, 0.29) is 5.82 Å². The van der Waals surface area contributed by atoms with Crippen molar-refractivity contribution in [2.45, 2.75) is 0 Å². The Morgan fingerprint density at radius 2 is 2.06 bits per heavy atom. The molecule has 1 aromatic heterocycles. The van der Waals surface area contributed by atoms with Gasteiger partial charge in [-0.15, -0.1) is 0 Å². The fourth-order valence-corrected chi connectivity index (χ4v) is 1.97. The molecule has 0 saturated carbocycles. The number of anilines is 3. The average Bonchev–Trinajstić information content (AvgIpc) is 2.63. The van der Waals surface area contributed by atoms with Crippen LogP contribution in [0.1, 0.15) is 5.56 Å². The molecule has 0 fully saturated rings. The second-order valence-electron chi connectivity index (χ2n) is 3.02. The molecule has 0 unspecified atom stereocenters. The van der Waals surface area contributed by atoms with E-state index in [9.17, 15) is 0 Å². The smallest absolute Gasteiger partial charge is 0.157 e. The van der Waals surface area contributed by atoms with E-state index in [0.29, 0.717) is 15.6 Å². The number of hydrogen-bond donors (Lipinski definition) is 2. The van der Waals surface area contributed by atoms with Gasteiger partial charge in [-0.1, -0.05) is 11.6 Å². The van der Waals surface area contributed by atoms with Crippen molar-refractivity contribution in [3.8, 4) is 6.07 Å². The number of benzene rings is 1. The number of halogens is 1. The maximum Gasteiger partial charge on any atom is 0.157 e. The molecule has 0 amide bonds. The van der Waals surface area contributed by atoms with Crippen LogP contribution in [-0.2, 0) is 0 Å². The molecule has 0 aliphatic rings. The zero-order valence-corrected chi connectivity index (χ0v) is 9.64. The molecule has 4 nitrogen and oxygen atoms in total. The van der Waals surface area contributed by atoms with Crippen LogP contribution in [0.3, 0.4) is 0 Å². The van der Waals surface area contributed by atoms with E-state index < -0.39 is 0 Å². The Morgan fingerprint density at radius 1 is 1.38 bits per heavy atom. The molecule has 0 bridgehead atoms. The molecule has 0 aliphatic heterocycles. The zero-order valence-electron chi connectivity index (χ0n) is 8.07. The van der Waals surface area contributed by atoms with Crippen molar-refractivity contribution in [1.82, 2.24) is 4.37 Å². The lowest BCUT2D eigenvalue weighted by Crippen LogP contribution is -1.92. The molecular formula is C10H7ClN4S. The summed E-state index contributed by atoms with van der Waals surface area (Å²) in [5.74, 6) is 0.254. The van der Waals surface area contributed by atoms with E-state index in [1.807, 2.05) is 18.2 Å². The van der Waals surface area contributed by atoms with Gasteiger partial charge in [0.2, 0.25) is 0 Å². The van der Waals surface area contributed by atoms with E-state index in [1.165, 1.54) is 0 Å². The molecule has 0 saturated heterocycles. The molecule has 0 radical (unpaired) electrons. The third-order valence-corrected chi connectivity index (χ3v) is 2.96. The van der Waals surface area contributed by atoms with Gasteiger partial charge in [-0.2, -0.15) is 9.64 Å². The van der Waals surface area contributed by atoms with Crippen molar-refractivity contribution in [1.29, 1.82) is 5.26 Å². The average molecular weight is 251 g/mol. The van der Waals surface area contributed by atoms with Gasteiger partial charge in [0.05, 0.1) is 0 Å². The van der Waals surface area contributed by atoms with Crippen LogP contribution in [0.5, 0.6) is 0 Å². The van der Waals surface area contributed by atoms with Crippen LogP contribution in [0.25, 0.3) is 0 Å². The Labute approximate surface area is 101 Å². The third kappa shape index (κ3) is 2.08. The Balaban J connectivity index is 2.27. The van der Waals surface area contributed by atoms with Crippen LogP contribution in [0.4, 0.5) is 16.5 Å². The molecule has 0 aliphatic carbocycles. The van der Waals surface area contributed by atoms with Crippen molar-refractivity contribution in [3.05, 3.63) is 34.9 Å². The highest BCUT2D eigenvalue weighted by Crippen LogP contribution is 2.29. The normalized spacial score (nSPS) is 9.75. The van der Waals surface area contributed by atoms with Crippen LogP contribution >= 0.6 is 23.1 Å². The van der Waals surface area contributed by atoms with E-state index in [1.54, 1.807) is 12.1 Å². The predicted molar refractivity (Wildman–Crippen MR) is 66.0 cm³/mol. The summed E-state index contributed by atoms with van der Waals surface area (Å²) < 4.78 is 3.91. The summed E-state index contributed by atoms with van der Waals surface area (Å²) >= 11 is 6.93. The first kappa shape index (κ1) is 10.7. The fourth-order valence-electron chi connectivity index (χ4n) is 1.16. The SMILES string of the molecule is N#Cc1c(N)nsc1Nc1ccc(Cl)cc1. The molecule has 2 rings (SSSR count). The first-order chi connectivity index (χ1) is 7.70. The van der Waals surface area contributed by atoms with Gasteiger partial charge in [0.25, 0.3) is 0 Å². The number of rotatable bonds is 2. The van der Waals surface area contributed by atoms with Crippen LogP contribution in [0.15, 0.2) is 24.3 Å². The highest BCUT2D eigenvalue weighted by Gasteiger charge is 2.10. The minimum absolute atomic E-state index is 0.254. The van der Waals surface area contributed by atoms with Gasteiger partial charge in [-0.05, 0) is 35.8 Å². The Morgan fingerprint density at radius 3 is 2.69 bits per heavy atom. The van der Waals surface area contributed by atoms with E-state index in [2.05, 4.69) is 9.69 Å². The molecule has 1 heterocycles. The molecule has 6 heteroatoms. The predicted octanol–water partition coefficient (Wildman–Crippen LogP) is 2.99. The van der Waals surface area contributed by atoms with Crippen molar-refractivity contribution >= 4 is 39.6 Å². The molecule has 16 heavy (non-hydrogen) atoms. The maximum atomic E-state index is 8.89. The molecular weight excluding hydrogens is 244 g/mol. The van der Waals surface area contributed by atoms with Gasteiger partial charge in [-0.25, -0.2) is 0 Å². The van der Waals surface area contributed by atoms with Gasteiger partial charge >= 0.3 is 0 Å². The summed E-state index contributed by atoms with van der Waals surface area (Å²) in [6.45, 7) is 0. The standard InChI is InChI=1S/C10H7ClN4S/c11-6-1-3-7(4-2-6)14-10-8(5-12)9(13)15-16-10/h1-4,14H,(H2,13,15). The lowest BCUT2D eigenvalue weighted by Gasteiger charge is -2.03. The number of nitrogens with zero attached hydrogens (tertiary/aromatic N) is 2. The number of nitrogens with one attached hydrogen (secondary N) is 1. The first-order valence-electron chi connectivity index (χ1n) is 4.38. The Bertz CT molecular complexity index is 541. The number of hydrogen-bond acceptors (Lipinski definition) is 5. The number of nitrogens with two attached hydrogens (primary N) is 1. The zero-order chi connectivity index (χ0) is 11.5. The van der Waals surface area contributed by atoms with Crippen molar-refractivity contribution in [2.24, 2.45) is 0 Å². The number of nitrogen functional groups attached to an aromatic ring is 1. The van der Waals surface area contributed by atoms with E-state index >= 15 is 0 Å². The lowest BCUT2D eigenvalue weighted by atomic mass is 10.3. The minimum atomic E-state index is 0.254. The number of nitriles is 1. The summed E-state index contributed by atoms with van der Waals surface area (Å²) in [6.07, 6.45) is 0. The summed E-state index contributed by atoms with van der Waals surface area (Å²) in [5.41, 5.74) is 6.76. The molecule has 1 aromatic carbocycles. The van der Waals surface area contributed by atoms with Crippen molar-refractivity contribution in [3.63, 3.8) is 0 Å². The topological polar surface area (TPSA) is 74.7 Å². The monoisotopic (exact) mass is 250 g/mol. The second kappa shape index (κ2) is 4.39. The van der Waals surface area contributed by atoms with E-state index in [4.69, 9.17) is 22.6 Å². The first-order valence-corrected chi connectivity index (χ1v) is 5.53. The Kier molecular flexibility index (Phi) is 2.95. The van der Waals surface area contributed by atoms with Crippen molar-refractivity contribution < 1.29 is 0 Å². The molecule has 0 atom stereocenters. The summed E-state index contributed by atoms with van der Waals surface area (Å²) in [5, 5.41) is 13.3. The minimum Gasteiger partial charge on any atom is -0.382 e. The van der Waals surface area contributed by atoms with Crippen LogP contribution in [0, 0.1) is 11.3 Å². The molecule has 80 valence electrons. The largest absolute Gasteiger partial charge is 0.382 e. The lowest BCUT2D eigenvalue weighted by molar-refractivity contribution is 1.47. The van der Waals surface area contributed by atoms with E-state index in [0.717, 1.165) is 17.2 Å². The summed E-state index contributed by atoms with van der Waals surface area (Å²) in [4.78, 5) is 0. The van der Waals surface area contributed by atoms with Crippen LogP contribution in [-0.4, -0.2) is 4.37 Å². The van der Waals surface area contributed by atoms with Crippen LogP contribution < -0.4 is 11.1 Å². The Hall–Kier alpha value is -1.77. The van der Waals surface area contributed by atoms with Gasteiger partial charge < -0.3 is 11.1 Å². The summed E-state index contributed by atoms with van der Waals surface area (Å²) in [7, 11) is 0. The summed E-state index contributed by atoms with van der Waals surface area (Å²) in [6, 6.07) is 9.18. The maximum absolute atomic E-state index is 8.89. The third-order valence-electron chi connectivity index (χ3n) is 1.93. The van der Waals surface area contributed by atoms with Gasteiger partial charge in [0.1, 0.15) is 16.6 Å². The van der Waals surface area contributed by atoms with Crippen molar-refractivity contribution in [2.75, 3.05) is 11.1 Å². The highest BCUT2D eigenvalue weighted by atomic mass is 35.5. The van der Waals surface area contributed by atoms with Gasteiger partial charge in [-0.3, -0.25) is 0 Å². The molecule has 3 N–H and O–H groups in total. The highest BCUT2D eigenvalue weighted by molar-refractivity contribution is 7.10. The quantitative estimate of drug-likeness (QED) is 0.859. The number of aromatic nitrogens is 1. The second-order valence-corrected chi connectivity index (χ2v) is 4.23. The van der Waals surface area contributed by atoms with Gasteiger partial charge in [0.15, 0.2) is 5.82 Å².